The maximum absolute atomic E-state index is 9.86. The lowest BCUT2D eigenvalue weighted by molar-refractivity contribution is 0.474. The van der Waals surface area contributed by atoms with Crippen molar-refractivity contribution in [3.8, 4) is 11.8 Å². The molecule has 1 aromatic carbocycles. The molecule has 112 valence electrons. The predicted molar refractivity (Wildman–Crippen MR) is 93.3 cm³/mol. The van der Waals surface area contributed by atoms with E-state index in [9.17, 15) is 10.4 Å². The molecule has 1 aliphatic rings. The minimum absolute atomic E-state index is 0.181. The van der Waals surface area contributed by atoms with Gasteiger partial charge in [-0.15, -0.1) is 11.3 Å². The number of nitrogens with zero attached hydrogens (tertiary/aromatic N) is 2. The van der Waals surface area contributed by atoms with Crippen molar-refractivity contribution >= 4 is 38.5 Å². The summed E-state index contributed by atoms with van der Waals surface area (Å²) in [5, 5.41) is 20.1. The number of rotatable bonds is 2. The van der Waals surface area contributed by atoms with Gasteiger partial charge in [-0.25, -0.2) is 4.99 Å². The Labute approximate surface area is 142 Å². The van der Waals surface area contributed by atoms with Gasteiger partial charge in [-0.3, -0.25) is 0 Å². The summed E-state index contributed by atoms with van der Waals surface area (Å²) in [5.41, 5.74) is 2.52. The first-order valence-electron chi connectivity index (χ1n) is 7.15. The van der Waals surface area contributed by atoms with Crippen molar-refractivity contribution in [3.63, 3.8) is 0 Å². The van der Waals surface area contributed by atoms with Crippen molar-refractivity contribution in [1.29, 1.82) is 5.26 Å². The van der Waals surface area contributed by atoms with E-state index in [1.165, 1.54) is 10.4 Å². The standard InChI is InChI=1S/C17H15BrN2OS/c1-10-2-4-13-14(8-19)17(22-16(13)6-10)20-9-11-7-12(18)3-5-15(11)21/h3,5,7,9-10,21H,2,4,6H2,1H3. The lowest BCUT2D eigenvalue weighted by Crippen LogP contribution is -2.09. The van der Waals surface area contributed by atoms with Crippen LogP contribution in [0, 0.1) is 17.2 Å². The number of halogens is 1. The molecule has 1 N–H and O–H groups in total. The third-order valence-corrected chi connectivity index (χ3v) is 5.57. The molecular formula is C17H15BrN2OS. The van der Waals surface area contributed by atoms with Crippen LogP contribution in [0.2, 0.25) is 0 Å². The maximum Gasteiger partial charge on any atom is 0.134 e. The molecule has 1 heterocycles. The second kappa shape index (κ2) is 6.23. The highest BCUT2D eigenvalue weighted by Crippen LogP contribution is 2.40. The monoisotopic (exact) mass is 374 g/mol. The number of aliphatic imine (C=N–C) groups is 1. The van der Waals surface area contributed by atoms with E-state index < -0.39 is 0 Å². The maximum atomic E-state index is 9.86. The fraction of sp³-hybridized carbons (Fsp3) is 0.294. The Morgan fingerprint density at radius 1 is 1.50 bits per heavy atom. The first-order chi connectivity index (χ1) is 10.6. The number of fused-ring (bicyclic) bond motifs is 1. The molecule has 0 aliphatic heterocycles. The summed E-state index contributed by atoms with van der Waals surface area (Å²) in [5.74, 6) is 0.851. The van der Waals surface area contributed by atoms with Crippen LogP contribution in [-0.4, -0.2) is 11.3 Å². The van der Waals surface area contributed by atoms with E-state index in [1.54, 1.807) is 35.8 Å². The van der Waals surface area contributed by atoms with Crippen molar-refractivity contribution in [2.45, 2.75) is 26.2 Å². The predicted octanol–water partition coefficient (Wildman–Crippen LogP) is 4.96. The van der Waals surface area contributed by atoms with Gasteiger partial charge in [-0.1, -0.05) is 22.9 Å². The Morgan fingerprint density at radius 3 is 3.09 bits per heavy atom. The Bertz CT molecular complexity index is 789. The molecule has 5 heteroatoms. The van der Waals surface area contributed by atoms with Gasteiger partial charge >= 0.3 is 0 Å². The zero-order valence-electron chi connectivity index (χ0n) is 12.1. The number of hydrogen-bond acceptors (Lipinski definition) is 4. The lowest BCUT2D eigenvalue weighted by Gasteiger charge is -2.17. The van der Waals surface area contributed by atoms with Gasteiger partial charge in [0.05, 0.1) is 5.56 Å². The molecule has 0 radical (unpaired) electrons. The Kier molecular flexibility index (Phi) is 4.32. The molecule has 3 rings (SSSR count). The van der Waals surface area contributed by atoms with Crippen molar-refractivity contribution in [3.05, 3.63) is 44.2 Å². The summed E-state index contributed by atoms with van der Waals surface area (Å²) in [6.45, 7) is 2.25. The fourth-order valence-electron chi connectivity index (χ4n) is 2.70. The topological polar surface area (TPSA) is 56.4 Å². The smallest absolute Gasteiger partial charge is 0.134 e. The number of benzene rings is 1. The largest absolute Gasteiger partial charge is 0.507 e. The number of thiophene rings is 1. The summed E-state index contributed by atoms with van der Waals surface area (Å²) in [7, 11) is 0. The van der Waals surface area contributed by atoms with E-state index in [-0.39, 0.29) is 5.75 Å². The second-order valence-electron chi connectivity index (χ2n) is 5.61. The average molecular weight is 375 g/mol. The first kappa shape index (κ1) is 15.3. The number of aromatic hydroxyl groups is 1. The molecular weight excluding hydrogens is 360 g/mol. The lowest BCUT2D eigenvalue weighted by atomic mass is 9.89. The molecule has 1 aliphatic carbocycles. The molecule has 3 nitrogen and oxygen atoms in total. The van der Waals surface area contributed by atoms with Gasteiger partial charge in [0, 0.05) is 21.1 Å². The van der Waals surface area contributed by atoms with E-state index in [1.807, 2.05) is 0 Å². The van der Waals surface area contributed by atoms with Crippen LogP contribution < -0.4 is 0 Å². The quantitative estimate of drug-likeness (QED) is 0.754. The molecule has 22 heavy (non-hydrogen) atoms. The molecule has 0 saturated heterocycles. The van der Waals surface area contributed by atoms with E-state index >= 15 is 0 Å². The normalized spacial score (nSPS) is 17.4. The van der Waals surface area contributed by atoms with E-state index in [4.69, 9.17) is 0 Å². The van der Waals surface area contributed by atoms with Gasteiger partial charge in [0.2, 0.25) is 0 Å². The summed E-state index contributed by atoms with van der Waals surface area (Å²) < 4.78 is 0.881. The van der Waals surface area contributed by atoms with Crippen molar-refractivity contribution in [1.82, 2.24) is 0 Å². The van der Waals surface area contributed by atoms with E-state index in [2.05, 4.69) is 33.9 Å². The third-order valence-electron chi connectivity index (χ3n) is 3.92. The van der Waals surface area contributed by atoms with Crippen LogP contribution >= 0.6 is 27.3 Å². The highest BCUT2D eigenvalue weighted by atomic mass is 79.9. The third kappa shape index (κ3) is 2.94. The van der Waals surface area contributed by atoms with E-state index in [0.29, 0.717) is 17.0 Å². The van der Waals surface area contributed by atoms with Crippen LogP contribution in [0.15, 0.2) is 27.7 Å². The van der Waals surface area contributed by atoms with Gasteiger partial charge in [0.15, 0.2) is 0 Å². The summed E-state index contributed by atoms with van der Waals surface area (Å²) in [6.07, 6.45) is 4.76. The van der Waals surface area contributed by atoms with Crippen molar-refractivity contribution < 1.29 is 5.11 Å². The number of phenols is 1. The van der Waals surface area contributed by atoms with Crippen molar-refractivity contribution in [2.75, 3.05) is 0 Å². The van der Waals surface area contributed by atoms with Crippen molar-refractivity contribution in [2.24, 2.45) is 10.9 Å². The van der Waals surface area contributed by atoms with Gasteiger partial charge in [0.25, 0.3) is 0 Å². The van der Waals surface area contributed by atoms with Crippen LogP contribution in [0.5, 0.6) is 5.75 Å². The molecule has 1 aromatic heterocycles. The van der Waals surface area contributed by atoms with Gasteiger partial charge in [0.1, 0.15) is 16.8 Å². The van der Waals surface area contributed by atoms with Crippen LogP contribution in [0.4, 0.5) is 5.00 Å². The van der Waals surface area contributed by atoms with Crippen LogP contribution in [-0.2, 0) is 12.8 Å². The molecule has 0 fully saturated rings. The minimum atomic E-state index is 0.181. The number of hydrogen-bond donors (Lipinski definition) is 1. The summed E-state index contributed by atoms with van der Waals surface area (Å²) in [4.78, 5) is 5.76. The minimum Gasteiger partial charge on any atom is -0.507 e. The molecule has 0 saturated carbocycles. The highest BCUT2D eigenvalue weighted by Gasteiger charge is 2.23. The van der Waals surface area contributed by atoms with Gasteiger partial charge in [-0.05, 0) is 48.9 Å². The summed E-state index contributed by atoms with van der Waals surface area (Å²) >= 11 is 4.99. The Morgan fingerprint density at radius 2 is 2.32 bits per heavy atom. The Balaban J connectivity index is 1.97. The van der Waals surface area contributed by atoms with Crippen LogP contribution in [0.25, 0.3) is 0 Å². The Hall–Kier alpha value is -1.64. The summed E-state index contributed by atoms with van der Waals surface area (Å²) in [6, 6.07) is 7.51. The average Bonchev–Trinajstić information content (AvgIpc) is 2.84. The zero-order chi connectivity index (χ0) is 15.7. The molecule has 1 atom stereocenters. The molecule has 0 bridgehead atoms. The SMILES string of the molecule is CC1CCc2c(sc(N=Cc3cc(Br)ccc3O)c2C#N)C1. The molecule has 0 amide bonds. The van der Waals surface area contributed by atoms with Gasteiger partial charge < -0.3 is 5.11 Å². The second-order valence-corrected chi connectivity index (χ2v) is 7.60. The van der Waals surface area contributed by atoms with Gasteiger partial charge in [-0.2, -0.15) is 5.26 Å². The number of nitriles is 1. The number of phenolic OH excluding ortho intramolecular Hbond substituents is 1. The molecule has 1 unspecified atom stereocenters. The first-order valence-corrected chi connectivity index (χ1v) is 8.76. The highest BCUT2D eigenvalue weighted by molar-refractivity contribution is 9.10. The fourth-order valence-corrected chi connectivity index (χ4v) is 4.38. The van der Waals surface area contributed by atoms with Crippen LogP contribution in [0.3, 0.4) is 0 Å². The molecule has 0 spiro atoms. The molecule has 2 aromatic rings. The zero-order valence-corrected chi connectivity index (χ0v) is 14.5. The van der Waals surface area contributed by atoms with E-state index in [0.717, 1.165) is 28.7 Å². The van der Waals surface area contributed by atoms with Crippen LogP contribution in [0.1, 0.15) is 34.9 Å².